The molecule has 0 atom stereocenters. The van der Waals surface area contributed by atoms with Gasteiger partial charge < -0.3 is 16.0 Å². The number of hydrogen-bond donors (Lipinski definition) is 3. The van der Waals surface area contributed by atoms with Crippen molar-refractivity contribution in [3.8, 4) is 0 Å². The molecule has 1 rings (SSSR count). The predicted molar refractivity (Wildman–Crippen MR) is 97.2 cm³/mol. The molecule has 0 spiro atoms. The Morgan fingerprint density at radius 2 is 0.833 bits per heavy atom. The Labute approximate surface area is 144 Å². The average molecular weight is 456 g/mol. The SMILES string of the molecule is Br.Br.Br.CCNC1CC(NCC)CC(NCC)C1. The van der Waals surface area contributed by atoms with Crippen molar-refractivity contribution in [1.29, 1.82) is 0 Å². The Bertz CT molecular complexity index is 138. The highest BCUT2D eigenvalue weighted by atomic mass is 79.9. The molecule has 0 unspecified atom stereocenters. The summed E-state index contributed by atoms with van der Waals surface area (Å²) in [4.78, 5) is 0. The Morgan fingerprint density at radius 3 is 1.00 bits per heavy atom. The second kappa shape index (κ2) is 14.7. The van der Waals surface area contributed by atoms with Crippen molar-refractivity contribution in [2.45, 2.75) is 58.2 Å². The summed E-state index contributed by atoms with van der Waals surface area (Å²) in [6, 6.07) is 2.07. The van der Waals surface area contributed by atoms with Crippen molar-refractivity contribution in [2.75, 3.05) is 19.6 Å². The van der Waals surface area contributed by atoms with Crippen LogP contribution in [-0.4, -0.2) is 37.8 Å². The zero-order valence-electron chi connectivity index (χ0n) is 11.7. The van der Waals surface area contributed by atoms with E-state index in [0.29, 0.717) is 18.1 Å². The molecule has 0 bridgehead atoms. The first-order chi connectivity index (χ1) is 7.30. The van der Waals surface area contributed by atoms with Gasteiger partial charge in [-0.1, -0.05) is 20.8 Å². The highest BCUT2D eigenvalue weighted by Crippen LogP contribution is 2.19. The molecule has 0 aromatic heterocycles. The lowest BCUT2D eigenvalue weighted by Crippen LogP contribution is -2.50. The van der Waals surface area contributed by atoms with Crippen molar-refractivity contribution >= 4 is 50.9 Å². The average Bonchev–Trinajstić information content (AvgIpc) is 2.19. The van der Waals surface area contributed by atoms with E-state index in [-0.39, 0.29) is 50.9 Å². The van der Waals surface area contributed by atoms with Crippen molar-refractivity contribution < 1.29 is 0 Å². The molecule has 1 fully saturated rings. The molecule has 0 aliphatic heterocycles. The van der Waals surface area contributed by atoms with Crippen LogP contribution in [0.5, 0.6) is 0 Å². The van der Waals surface area contributed by atoms with Crippen LogP contribution in [-0.2, 0) is 0 Å². The van der Waals surface area contributed by atoms with Crippen LogP contribution in [0.3, 0.4) is 0 Å². The second-order valence-corrected chi connectivity index (χ2v) is 4.47. The summed E-state index contributed by atoms with van der Waals surface area (Å²) in [5.74, 6) is 0. The van der Waals surface area contributed by atoms with E-state index >= 15 is 0 Å². The summed E-state index contributed by atoms with van der Waals surface area (Å²) in [5, 5.41) is 10.7. The molecule has 0 amide bonds. The van der Waals surface area contributed by atoms with Crippen molar-refractivity contribution in [3.63, 3.8) is 0 Å². The molecule has 18 heavy (non-hydrogen) atoms. The minimum Gasteiger partial charge on any atom is -0.314 e. The Kier molecular flexibility index (Phi) is 19.9. The summed E-state index contributed by atoms with van der Waals surface area (Å²) in [6.07, 6.45) is 3.84. The maximum Gasteiger partial charge on any atom is 0.00965 e. The summed E-state index contributed by atoms with van der Waals surface area (Å²) < 4.78 is 0. The molecule has 1 aliphatic carbocycles. The molecule has 1 saturated carbocycles. The van der Waals surface area contributed by atoms with Gasteiger partial charge in [0.25, 0.3) is 0 Å². The lowest BCUT2D eigenvalue weighted by atomic mass is 9.87. The first kappa shape index (κ1) is 24.3. The smallest absolute Gasteiger partial charge is 0.00965 e. The highest BCUT2D eigenvalue weighted by Gasteiger charge is 2.27. The van der Waals surface area contributed by atoms with Crippen LogP contribution in [0.4, 0.5) is 0 Å². The van der Waals surface area contributed by atoms with Gasteiger partial charge in [0.1, 0.15) is 0 Å². The van der Waals surface area contributed by atoms with E-state index in [1.807, 2.05) is 0 Å². The van der Waals surface area contributed by atoms with Crippen LogP contribution in [0.25, 0.3) is 0 Å². The molecular formula is C12H30Br3N3. The van der Waals surface area contributed by atoms with Gasteiger partial charge in [0.2, 0.25) is 0 Å². The third-order valence-electron chi connectivity index (χ3n) is 3.19. The quantitative estimate of drug-likeness (QED) is 0.576. The minimum atomic E-state index is 0. The van der Waals surface area contributed by atoms with Gasteiger partial charge in [0.05, 0.1) is 0 Å². The van der Waals surface area contributed by atoms with Gasteiger partial charge >= 0.3 is 0 Å². The summed E-state index contributed by atoms with van der Waals surface area (Å²) in [6.45, 7) is 9.84. The molecule has 0 heterocycles. The van der Waals surface area contributed by atoms with Gasteiger partial charge in [0, 0.05) is 18.1 Å². The third-order valence-corrected chi connectivity index (χ3v) is 3.19. The van der Waals surface area contributed by atoms with Gasteiger partial charge in [-0.3, -0.25) is 0 Å². The molecule has 0 aromatic carbocycles. The molecular weight excluding hydrogens is 426 g/mol. The Morgan fingerprint density at radius 1 is 0.611 bits per heavy atom. The van der Waals surface area contributed by atoms with E-state index in [9.17, 15) is 0 Å². The summed E-state index contributed by atoms with van der Waals surface area (Å²) in [7, 11) is 0. The van der Waals surface area contributed by atoms with Crippen molar-refractivity contribution in [1.82, 2.24) is 16.0 Å². The van der Waals surface area contributed by atoms with Gasteiger partial charge in [-0.2, -0.15) is 0 Å². The highest BCUT2D eigenvalue weighted by molar-refractivity contribution is 8.93. The van der Waals surface area contributed by atoms with Gasteiger partial charge in [-0.25, -0.2) is 0 Å². The van der Waals surface area contributed by atoms with Crippen LogP contribution in [0, 0.1) is 0 Å². The van der Waals surface area contributed by atoms with Crippen LogP contribution in [0.15, 0.2) is 0 Å². The molecule has 6 heteroatoms. The number of rotatable bonds is 6. The zero-order chi connectivity index (χ0) is 11.1. The number of halogens is 3. The molecule has 0 aromatic rings. The van der Waals surface area contributed by atoms with E-state index in [4.69, 9.17) is 0 Å². The molecule has 3 nitrogen and oxygen atoms in total. The topological polar surface area (TPSA) is 36.1 Å². The molecule has 3 N–H and O–H groups in total. The maximum atomic E-state index is 3.58. The first-order valence-electron chi connectivity index (χ1n) is 6.50. The van der Waals surface area contributed by atoms with Crippen molar-refractivity contribution in [2.24, 2.45) is 0 Å². The second-order valence-electron chi connectivity index (χ2n) is 4.47. The number of nitrogens with one attached hydrogen (secondary N) is 3. The minimum absolute atomic E-state index is 0. The standard InChI is InChI=1S/C12H27N3.3BrH/c1-4-13-10-7-11(14-5-2)9-12(8-10)15-6-3;;;/h10-15H,4-9H2,1-3H3;3*1H. The van der Waals surface area contributed by atoms with E-state index in [0.717, 1.165) is 19.6 Å². The third kappa shape index (κ3) is 9.26. The fourth-order valence-electron chi connectivity index (χ4n) is 2.69. The maximum absolute atomic E-state index is 3.58. The van der Waals surface area contributed by atoms with Gasteiger partial charge in [0.15, 0.2) is 0 Å². The van der Waals surface area contributed by atoms with Crippen LogP contribution >= 0.6 is 50.9 Å². The van der Waals surface area contributed by atoms with E-state index in [1.165, 1.54) is 19.3 Å². The fraction of sp³-hybridized carbons (Fsp3) is 1.00. The van der Waals surface area contributed by atoms with E-state index in [1.54, 1.807) is 0 Å². The Hall–Kier alpha value is 1.32. The van der Waals surface area contributed by atoms with Gasteiger partial charge in [-0.15, -0.1) is 50.9 Å². The summed E-state index contributed by atoms with van der Waals surface area (Å²) >= 11 is 0. The van der Waals surface area contributed by atoms with Crippen LogP contribution < -0.4 is 16.0 Å². The van der Waals surface area contributed by atoms with Crippen LogP contribution in [0.2, 0.25) is 0 Å². The van der Waals surface area contributed by atoms with Crippen molar-refractivity contribution in [3.05, 3.63) is 0 Å². The monoisotopic (exact) mass is 453 g/mol. The summed E-state index contributed by atoms with van der Waals surface area (Å²) in [5.41, 5.74) is 0. The molecule has 0 saturated heterocycles. The molecule has 0 radical (unpaired) electrons. The molecule has 114 valence electrons. The van der Waals surface area contributed by atoms with Crippen LogP contribution in [0.1, 0.15) is 40.0 Å². The first-order valence-corrected chi connectivity index (χ1v) is 6.50. The zero-order valence-corrected chi connectivity index (χ0v) is 16.8. The lowest BCUT2D eigenvalue weighted by Gasteiger charge is -2.36. The normalized spacial score (nSPS) is 26.5. The predicted octanol–water partition coefficient (Wildman–Crippen LogP) is 2.84. The molecule has 1 aliphatic rings. The Balaban J connectivity index is -0.000000750. The fourth-order valence-corrected chi connectivity index (χ4v) is 2.69. The van der Waals surface area contributed by atoms with E-state index in [2.05, 4.69) is 36.7 Å². The van der Waals surface area contributed by atoms with E-state index < -0.39 is 0 Å². The van der Waals surface area contributed by atoms with Gasteiger partial charge in [-0.05, 0) is 38.9 Å². The number of hydrogen-bond acceptors (Lipinski definition) is 3. The largest absolute Gasteiger partial charge is 0.314 e. The lowest BCUT2D eigenvalue weighted by molar-refractivity contribution is 0.256.